The molecule has 5 nitrogen and oxygen atoms in total. The molecule has 0 saturated carbocycles. The van der Waals surface area contributed by atoms with E-state index in [0.717, 1.165) is 56.5 Å². The first kappa shape index (κ1) is 15.4. The lowest BCUT2D eigenvalue weighted by Crippen LogP contribution is -2.39. The van der Waals surface area contributed by atoms with Crippen LogP contribution in [0.3, 0.4) is 0 Å². The Kier molecular flexibility index (Phi) is 4.10. The molecule has 1 aliphatic heterocycles. The highest BCUT2D eigenvalue weighted by atomic mass is 16.5. The Morgan fingerprint density at radius 1 is 1.17 bits per heavy atom. The van der Waals surface area contributed by atoms with E-state index in [9.17, 15) is 0 Å². The van der Waals surface area contributed by atoms with Crippen molar-refractivity contribution >= 4 is 5.95 Å². The van der Waals surface area contributed by atoms with Crippen molar-refractivity contribution in [3.63, 3.8) is 0 Å². The molecule has 0 spiro atoms. The van der Waals surface area contributed by atoms with Gasteiger partial charge in [-0.25, -0.2) is 4.98 Å². The number of hydrogen-bond acceptors (Lipinski definition) is 5. The third-order valence-electron chi connectivity index (χ3n) is 4.99. The zero-order valence-corrected chi connectivity index (χ0v) is 14.2. The van der Waals surface area contributed by atoms with Gasteiger partial charge in [-0.15, -0.1) is 0 Å². The number of ether oxygens (including phenoxy) is 1. The zero-order valence-electron chi connectivity index (χ0n) is 14.2. The van der Waals surface area contributed by atoms with Crippen LogP contribution in [0, 0.1) is 0 Å². The highest BCUT2D eigenvalue weighted by Gasteiger charge is 2.25. The first-order valence-corrected chi connectivity index (χ1v) is 8.80. The number of piperidine rings is 1. The van der Waals surface area contributed by atoms with Crippen LogP contribution in [0.2, 0.25) is 0 Å². The van der Waals surface area contributed by atoms with Gasteiger partial charge in [-0.2, -0.15) is 4.98 Å². The molecule has 24 heavy (non-hydrogen) atoms. The largest absolute Gasteiger partial charge is 0.473 e. The molecule has 1 aromatic heterocycles. The number of aryl methyl sites for hydroxylation is 1. The topological polar surface area (TPSA) is 64.3 Å². The molecule has 2 N–H and O–H groups in total. The van der Waals surface area contributed by atoms with Crippen molar-refractivity contribution in [2.75, 3.05) is 25.9 Å². The van der Waals surface area contributed by atoms with Crippen molar-refractivity contribution in [1.29, 1.82) is 0 Å². The minimum absolute atomic E-state index is 0.181. The fourth-order valence-corrected chi connectivity index (χ4v) is 3.82. The molecule has 2 aliphatic rings. The number of nitrogens with zero attached hydrogens (tertiary/aromatic N) is 3. The van der Waals surface area contributed by atoms with Crippen molar-refractivity contribution in [2.24, 2.45) is 0 Å². The van der Waals surface area contributed by atoms with E-state index in [1.165, 1.54) is 11.1 Å². The fraction of sp³-hybridized carbons (Fsp3) is 0.474. The van der Waals surface area contributed by atoms with Crippen molar-refractivity contribution in [1.82, 2.24) is 14.9 Å². The van der Waals surface area contributed by atoms with Crippen LogP contribution in [0.15, 0.2) is 24.3 Å². The lowest BCUT2D eigenvalue weighted by atomic mass is 10.0. The summed E-state index contributed by atoms with van der Waals surface area (Å²) in [7, 11) is 2.14. The summed E-state index contributed by atoms with van der Waals surface area (Å²) in [6.45, 7) is 2.08. The van der Waals surface area contributed by atoms with Crippen molar-refractivity contribution in [3.8, 4) is 17.1 Å². The minimum atomic E-state index is 0.181. The quantitative estimate of drug-likeness (QED) is 0.920. The number of nitrogens with two attached hydrogens (primary N) is 1. The Morgan fingerprint density at radius 2 is 2.04 bits per heavy atom. The van der Waals surface area contributed by atoms with Gasteiger partial charge in [0, 0.05) is 17.7 Å². The molecule has 1 atom stereocenters. The second-order valence-electron chi connectivity index (χ2n) is 6.87. The molecule has 4 rings (SSSR count). The summed E-state index contributed by atoms with van der Waals surface area (Å²) in [6, 6.07) is 8.45. The van der Waals surface area contributed by atoms with Crippen LogP contribution in [-0.4, -0.2) is 41.1 Å². The van der Waals surface area contributed by atoms with Gasteiger partial charge in [0.05, 0.1) is 5.69 Å². The summed E-state index contributed by atoms with van der Waals surface area (Å²) < 4.78 is 6.30. The molecular formula is C19H24N4O. The third kappa shape index (κ3) is 2.96. The Labute approximate surface area is 142 Å². The predicted octanol–water partition coefficient (Wildman–Crippen LogP) is 2.69. The standard InChI is InChI=1S/C19H24N4O/c1-23-11-5-8-14(12-23)24-18-16-10-4-7-13-6-2-3-9-15(13)17(16)21-19(20)22-18/h2-3,6,9,14H,4-5,7-8,10-12H2,1H3,(H2,20,21,22). The number of rotatable bonds is 2. The number of likely N-dealkylation sites (tertiary alicyclic amines) is 1. The maximum absolute atomic E-state index is 6.30. The van der Waals surface area contributed by atoms with Crippen molar-refractivity contribution < 1.29 is 4.74 Å². The number of anilines is 1. The monoisotopic (exact) mass is 324 g/mol. The molecule has 126 valence electrons. The summed E-state index contributed by atoms with van der Waals surface area (Å²) in [5.74, 6) is 0.985. The van der Waals surface area contributed by atoms with Crippen LogP contribution < -0.4 is 10.5 Å². The van der Waals surface area contributed by atoms with Gasteiger partial charge < -0.3 is 15.4 Å². The van der Waals surface area contributed by atoms with Gasteiger partial charge in [0.2, 0.25) is 11.8 Å². The van der Waals surface area contributed by atoms with Gasteiger partial charge in [0.15, 0.2) is 0 Å². The van der Waals surface area contributed by atoms with Crippen LogP contribution in [0.25, 0.3) is 11.3 Å². The van der Waals surface area contributed by atoms with Crippen molar-refractivity contribution in [2.45, 2.75) is 38.2 Å². The molecule has 2 heterocycles. The van der Waals surface area contributed by atoms with Gasteiger partial charge in [0.1, 0.15) is 6.10 Å². The predicted molar refractivity (Wildman–Crippen MR) is 95.1 cm³/mol. The maximum Gasteiger partial charge on any atom is 0.223 e. The summed E-state index contributed by atoms with van der Waals surface area (Å²) in [4.78, 5) is 11.3. The van der Waals surface area contributed by atoms with E-state index in [0.29, 0.717) is 11.8 Å². The molecule has 0 amide bonds. The average Bonchev–Trinajstić information content (AvgIpc) is 2.75. The number of likely N-dealkylation sites (N-methyl/N-ethyl adjacent to an activating group) is 1. The smallest absolute Gasteiger partial charge is 0.223 e. The Bertz CT molecular complexity index is 746. The summed E-state index contributed by atoms with van der Waals surface area (Å²) in [5.41, 5.74) is 10.6. The van der Waals surface area contributed by atoms with E-state index in [1.54, 1.807) is 0 Å². The number of benzene rings is 1. The maximum atomic E-state index is 6.30. The molecule has 0 radical (unpaired) electrons. The van der Waals surface area contributed by atoms with Crippen LogP contribution in [0.5, 0.6) is 5.88 Å². The molecule has 1 aromatic carbocycles. The number of aromatic nitrogens is 2. The van der Waals surface area contributed by atoms with Gasteiger partial charge in [-0.05, 0) is 51.3 Å². The molecule has 1 aliphatic carbocycles. The number of hydrogen-bond donors (Lipinski definition) is 1. The normalized spacial score (nSPS) is 20.8. The van der Waals surface area contributed by atoms with E-state index in [4.69, 9.17) is 10.5 Å². The highest BCUT2D eigenvalue weighted by Crippen LogP contribution is 2.36. The first-order valence-electron chi connectivity index (χ1n) is 8.80. The Morgan fingerprint density at radius 3 is 2.92 bits per heavy atom. The van der Waals surface area contributed by atoms with Crippen LogP contribution in [-0.2, 0) is 12.8 Å². The van der Waals surface area contributed by atoms with Crippen molar-refractivity contribution in [3.05, 3.63) is 35.4 Å². The molecule has 1 saturated heterocycles. The Hall–Kier alpha value is -2.14. The van der Waals surface area contributed by atoms with Gasteiger partial charge in [-0.1, -0.05) is 24.3 Å². The van der Waals surface area contributed by atoms with Crippen LogP contribution in [0.1, 0.15) is 30.4 Å². The molecule has 5 heteroatoms. The lowest BCUT2D eigenvalue weighted by Gasteiger charge is -2.30. The van der Waals surface area contributed by atoms with Crippen LogP contribution in [0.4, 0.5) is 5.95 Å². The lowest BCUT2D eigenvalue weighted by molar-refractivity contribution is 0.0991. The van der Waals surface area contributed by atoms with E-state index >= 15 is 0 Å². The molecule has 2 aromatic rings. The molecule has 1 unspecified atom stereocenters. The summed E-state index contributed by atoms with van der Waals surface area (Å²) >= 11 is 0. The van der Waals surface area contributed by atoms with E-state index in [-0.39, 0.29) is 6.10 Å². The second kappa shape index (κ2) is 6.40. The number of nitrogen functional groups attached to an aromatic ring is 1. The average molecular weight is 324 g/mol. The highest BCUT2D eigenvalue weighted by molar-refractivity contribution is 5.70. The first-order chi connectivity index (χ1) is 11.7. The third-order valence-corrected chi connectivity index (χ3v) is 4.99. The van der Waals surface area contributed by atoms with Gasteiger partial charge in [0.25, 0.3) is 0 Å². The van der Waals surface area contributed by atoms with Crippen LogP contribution >= 0.6 is 0 Å². The second-order valence-corrected chi connectivity index (χ2v) is 6.87. The zero-order chi connectivity index (χ0) is 16.5. The SMILES string of the molecule is CN1CCCC(Oc2nc(N)nc3c2CCCc2ccccc2-3)C1. The van der Waals surface area contributed by atoms with E-state index in [1.807, 2.05) is 0 Å². The Balaban J connectivity index is 1.73. The van der Waals surface area contributed by atoms with Gasteiger partial charge in [-0.3, -0.25) is 0 Å². The molecule has 0 bridgehead atoms. The minimum Gasteiger partial charge on any atom is -0.473 e. The van der Waals surface area contributed by atoms with E-state index in [2.05, 4.69) is 46.2 Å². The number of fused-ring (bicyclic) bond motifs is 3. The van der Waals surface area contributed by atoms with E-state index < -0.39 is 0 Å². The van der Waals surface area contributed by atoms with Gasteiger partial charge >= 0.3 is 0 Å². The summed E-state index contributed by atoms with van der Waals surface area (Å²) in [6.07, 6.45) is 5.48. The molecular weight excluding hydrogens is 300 g/mol. The molecule has 1 fully saturated rings. The fourth-order valence-electron chi connectivity index (χ4n) is 3.82. The summed E-state index contributed by atoms with van der Waals surface area (Å²) in [5, 5.41) is 0.